The van der Waals surface area contributed by atoms with Crippen LogP contribution in [0.15, 0.2) is 11.1 Å². The molecule has 3 fully saturated rings. The van der Waals surface area contributed by atoms with Gasteiger partial charge in [-0.2, -0.15) is 0 Å². The minimum Gasteiger partial charge on any atom is -0.393 e. The van der Waals surface area contributed by atoms with Gasteiger partial charge in [-0.25, -0.2) is 0 Å². The zero-order valence-corrected chi connectivity index (χ0v) is 17.9. The molecule has 4 aliphatic rings. The molecule has 0 aliphatic heterocycles. The number of aliphatic hydroxyl groups excluding tert-OH is 2. The van der Waals surface area contributed by atoms with Crippen molar-refractivity contribution >= 4 is 5.91 Å². The predicted octanol–water partition coefficient (Wildman–Crippen LogP) is 3.94. The van der Waals surface area contributed by atoms with E-state index in [-0.39, 0.29) is 28.9 Å². The van der Waals surface area contributed by atoms with Gasteiger partial charge in [0, 0.05) is 11.8 Å². The van der Waals surface area contributed by atoms with Gasteiger partial charge >= 0.3 is 0 Å². The van der Waals surface area contributed by atoms with Crippen molar-refractivity contribution in [3.05, 3.63) is 11.1 Å². The summed E-state index contributed by atoms with van der Waals surface area (Å²) in [6.45, 7) is 6.98. The molecule has 4 rings (SSSR count). The third-order valence-corrected chi connectivity index (χ3v) is 9.68. The SMILES string of the molecule is CC(CCC(N)=O)C1CCC2=C3CCC4CC(O)CCC4(C)C3CC(O)C21C. The van der Waals surface area contributed by atoms with E-state index < -0.39 is 0 Å². The number of fused-ring (bicyclic) bond motifs is 4. The molecule has 0 aromatic rings. The molecule has 0 bridgehead atoms. The van der Waals surface area contributed by atoms with Gasteiger partial charge in [0.25, 0.3) is 0 Å². The lowest BCUT2D eigenvalue weighted by atomic mass is 9.48. The Morgan fingerprint density at radius 2 is 1.93 bits per heavy atom. The average Bonchev–Trinajstić information content (AvgIpc) is 3.00. The minimum absolute atomic E-state index is 0.131. The fourth-order valence-corrected chi connectivity index (χ4v) is 7.94. The summed E-state index contributed by atoms with van der Waals surface area (Å²) in [7, 11) is 0. The monoisotopic (exact) mass is 389 g/mol. The Labute approximate surface area is 170 Å². The zero-order chi connectivity index (χ0) is 20.3. The predicted molar refractivity (Wildman–Crippen MR) is 110 cm³/mol. The number of amides is 1. The summed E-state index contributed by atoms with van der Waals surface area (Å²) in [4.78, 5) is 11.3. The average molecular weight is 390 g/mol. The Morgan fingerprint density at radius 1 is 1.18 bits per heavy atom. The molecule has 8 atom stereocenters. The Hall–Kier alpha value is -0.870. The van der Waals surface area contributed by atoms with E-state index in [1.807, 2.05) is 0 Å². The van der Waals surface area contributed by atoms with Crippen LogP contribution >= 0.6 is 0 Å². The van der Waals surface area contributed by atoms with Crippen LogP contribution in [0.2, 0.25) is 0 Å². The van der Waals surface area contributed by atoms with Crippen molar-refractivity contribution in [2.24, 2.45) is 40.2 Å². The van der Waals surface area contributed by atoms with Crippen LogP contribution in [-0.2, 0) is 4.79 Å². The van der Waals surface area contributed by atoms with Crippen molar-refractivity contribution < 1.29 is 15.0 Å². The molecule has 158 valence electrons. The summed E-state index contributed by atoms with van der Waals surface area (Å²) in [5.41, 5.74) is 8.70. The van der Waals surface area contributed by atoms with Gasteiger partial charge in [0.05, 0.1) is 12.2 Å². The van der Waals surface area contributed by atoms with Gasteiger partial charge < -0.3 is 15.9 Å². The van der Waals surface area contributed by atoms with E-state index in [0.29, 0.717) is 30.1 Å². The Bertz CT molecular complexity index is 673. The highest BCUT2D eigenvalue weighted by molar-refractivity contribution is 5.73. The highest BCUT2D eigenvalue weighted by Gasteiger charge is 2.58. The maximum absolute atomic E-state index is 11.5. The van der Waals surface area contributed by atoms with Crippen LogP contribution in [0.3, 0.4) is 0 Å². The second-order valence-electron chi connectivity index (χ2n) is 10.9. The molecule has 0 aromatic heterocycles. The Morgan fingerprint density at radius 3 is 2.64 bits per heavy atom. The molecular weight excluding hydrogens is 350 g/mol. The molecule has 4 nitrogen and oxygen atoms in total. The van der Waals surface area contributed by atoms with Crippen molar-refractivity contribution in [2.45, 2.75) is 97.2 Å². The second-order valence-corrected chi connectivity index (χ2v) is 10.9. The number of allylic oxidation sites excluding steroid dienone is 1. The van der Waals surface area contributed by atoms with E-state index in [4.69, 9.17) is 5.73 Å². The lowest BCUT2D eigenvalue weighted by molar-refractivity contribution is -0.118. The smallest absolute Gasteiger partial charge is 0.217 e. The van der Waals surface area contributed by atoms with Crippen molar-refractivity contribution in [2.75, 3.05) is 0 Å². The standard InChI is InChI=1S/C24H39NO3/c1-14(4-9-22(25)28)18-7-8-19-17-6-5-15-12-16(26)10-11-23(15,2)20(17)13-21(27)24(18,19)3/h14-16,18,20-21,26-27H,4-13H2,1-3H3,(H2,25,28). The third-order valence-electron chi connectivity index (χ3n) is 9.68. The van der Waals surface area contributed by atoms with Crippen LogP contribution in [0.4, 0.5) is 0 Å². The van der Waals surface area contributed by atoms with Gasteiger partial charge in [-0.15, -0.1) is 0 Å². The van der Waals surface area contributed by atoms with Crippen molar-refractivity contribution in [1.82, 2.24) is 0 Å². The minimum atomic E-state index is -0.304. The quantitative estimate of drug-likeness (QED) is 0.637. The van der Waals surface area contributed by atoms with Gasteiger partial charge in [0.15, 0.2) is 0 Å². The molecule has 3 saturated carbocycles. The van der Waals surface area contributed by atoms with Gasteiger partial charge in [-0.1, -0.05) is 31.9 Å². The first kappa shape index (κ1) is 20.4. The first-order chi connectivity index (χ1) is 13.2. The largest absolute Gasteiger partial charge is 0.393 e. The summed E-state index contributed by atoms with van der Waals surface area (Å²) in [5.74, 6) is 1.69. The number of carbonyl (C=O) groups is 1. The fourth-order valence-electron chi connectivity index (χ4n) is 7.94. The number of hydrogen-bond donors (Lipinski definition) is 3. The molecule has 0 spiro atoms. The Balaban J connectivity index is 1.64. The molecule has 0 aromatic carbocycles. The van der Waals surface area contributed by atoms with E-state index in [1.54, 1.807) is 11.1 Å². The van der Waals surface area contributed by atoms with E-state index in [1.165, 1.54) is 6.42 Å². The van der Waals surface area contributed by atoms with Crippen molar-refractivity contribution in [3.63, 3.8) is 0 Å². The van der Waals surface area contributed by atoms with Gasteiger partial charge in [-0.05, 0) is 86.9 Å². The highest BCUT2D eigenvalue weighted by Crippen LogP contribution is 2.65. The number of rotatable bonds is 4. The molecular formula is C24H39NO3. The molecule has 4 heteroatoms. The normalized spacial score (nSPS) is 46.5. The molecule has 4 aliphatic carbocycles. The van der Waals surface area contributed by atoms with E-state index in [9.17, 15) is 15.0 Å². The molecule has 4 N–H and O–H groups in total. The number of aliphatic hydroxyl groups is 2. The number of primary amides is 1. The summed E-state index contributed by atoms with van der Waals surface area (Å²) in [6, 6.07) is 0. The first-order valence-electron chi connectivity index (χ1n) is 11.5. The molecule has 0 saturated heterocycles. The van der Waals surface area contributed by atoms with Gasteiger partial charge in [0.1, 0.15) is 0 Å². The molecule has 0 radical (unpaired) electrons. The van der Waals surface area contributed by atoms with E-state index >= 15 is 0 Å². The Kier molecular flexibility index (Phi) is 5.19. The van der Waals surface area contributed by atoms with Crippen LogP contribution < -0.4 is 5.73 Å². The number of hydrogen-bond acceptors (Lipinski definition) is 3. The summed E-state index contributed by atoms with van der Waals surface area (Å²) < 4.78 is 0. The van der Waals surface area contributed by atoms with E-state index in [2.05, 4.69) is 20.8 Å². The lowest BCUT2D eigenvalue weighted by Gasteiger charge is -2.58. The first-order valence-corrected chi connectivity index (χ1v) is 11.5. The lowest BCUT2D eigenvalue weighted by Crippen LogP contribution is -2.52. The van der Waals surface area contributed by atoms with Crippen LogP contribution in [-0.4, -0.2) is 28.3 Å². The second kappa shape index (κ2) is 7.12. The van der Waals surface area contributed by atoms with Crippen molar-refractivity contribution in [1.29, 1.82) is 0 Å². The molecule has 8 unspecified atom stereocenters. The van der Waals surface area contributed by atoms with Crippen LogP contribution in [0.1, 0.15) is 85.0 Å². The summed E-state index contributed by atoms with van der Waals surface area (Å²) in [5, 5.41) is 21.6. The highest BCUT2D eigenvalue weighted by atomic mass is 16.3. The van der Waals surface area contributed by atoms with E-state index in [0.717, 1.165) is 51.4 Å². The van der Waals surface area contributed by atoms with Crippen LogP contribution in [0.25, 0.3) is 0 Å². The third kappa shape index (κ3) is 2.98. The topological polar surface area (TPSA) is 83.6 Å². The van der Waals surface area contributed by atoms with Crippen LogP contribution in [0.5, 0.6) is 0 Å². The number of carbonyl (C=O) groups excluding carboxylic acids is 1. The summed E-state index contributed by atoms with van der Waals surface area (Å²) >= 11 is 0. The maximum atomic E-state index is 11.5. The molecule has 0 heterocycles. The van der Waals surface area contributed by atoms with Crippen LogP contribution in [0, 0.1) is 34.5 Å². The van der Waals surface area contributed by atoms with Gasteiger partial charge in [-0.3, -0.25) is 4.79 Å². The van der Waals surface area contributed by atoms with Gasteiger partial charge in [0.2, 0.25) is 5.91 Å². The molecule has 28 heavy (non-hydrogen) atoms. The summed E-state index contributed by atoms with van der Waals surface area (Å²) in [6.07, 6.45) is 9.21. The maximum Gasteiger partial charge on any atom is 0.217 e. The zero-order valence-electron chi connectivity index (χ0n) is 17.9. The van der Waals surface area contributed by atoms with Crippen molar-refractivity contribution in [3.8, 4) is 0 Å². The fraction of sp³-hybridized carbons (Fsp3) is 0.875. The number of nitrogens with two attached hydrogens (primary N) is 1. The molecule has 1 amide bonds.